The molecule has 0 saturated heterocycles. The number of aryl methyl sites for hydroxylation is 2. The van der Waals surface area contributed by atoms with Crippen molar-refractivity contribution in [3.05, 3.63) is 63.8 Å². The smallest absolute Gasteiger partial charge is 0.0666 e. The average molecular weight is 355 g/mol. The number of anilines is 1. The van der Waals surface area contributed by atoms with Crippen LogP contribution in [0.4, 0.5) is 5.69 Å². The summed E-state index contributed by atoms with van der Waals surface area (Å²) in [6.45, 7) is 2.17. The lowest BCUT2D eigenvalue weighted by molar-refractivity contribution is 0.593. The molecule has 0 bridgehead atoms. The number of nitrogens with one attached hydrogen (secondary N) is 2. The molecule has 1 heterocycles. The maximum absolute atomic E-state index is 3.69. The summed E-state index contributed by atoms with van der Waals surface area (Å²) in [4.78, 5) is 3.65. The van der Waals surface area contributed by atoms with E-state index in [1.54, 1.807) is 0 Å². The third-order valence-electron chi connectivity index (χ3n) is 4.55. The molecule has 0 fully saturated rings. The number of hydrogen-bond donors (Lipinski definition) is 2. The Hall–Kier alpha value is -1.74. The number of halogens is 1. The zero-order valence-electron chi connectivity index (χ0n) is 12.6. The van der Waals surface area contributed by atoms with E-state index in [1.807, 2.05) is 0 Å². The van der Waals surface area contributed by atoms with Crippen molar-refractivity contribution in [2.45, 2.75) is 32.2 Å². The van der Waals surface area contributed by atoms with Crippen LogP contribution in [0.15, 0.2) is 46.9 Å². The van der Waals surface area contributed by atoms with Crippen LogP contribution in [0.3, 0.4) is 0 Å². The van der Waals surface area contributed by atoms with Crippen LogP contribution in [0.1, 0.15) is 35.7 Å². The highest BCUT2D eigenvalue weighted by atomic mass is 79.9. The Bertz CT molecular complexity index is 817. The van der Waals surface area contributed by atoms with Gasteiger partial charge in [0.15, 0.2) is 0 Å². The highest BCUT2D eigenvalue weighted by molar-refractivity contribution is 9.10. The first kappa shape index (κ1) is 13.9. The fourth-order valence-electron chi connectivity index (χ4n) is 3.47. The lowest BCUT2D eigenvalue weighted by atomic mass is 9.91. The molecule has 22 heavy (non-hydrogen) atoms. The Morgan fingerprint density at radius 3 is 2.77 bits per heavy atom. The minimum atomic E-state index is 0.373. The van der Waals surface area contributed by atoms with Crippen molar-refractivity contribution in [3.8, 4) is 0 Å². The molecule has 3 aromatic rings. The van der Waals surface area contributed by atoms with Crippen LogP contribution in [0, 0.1) is 6.92 Å². The maximum Gasteiger partial charge on any atom is 0.0666 e. The second-order valence-corrected chi connectivity index (χ2v) is 7.08. The number of aromatic nitrogens is 1. The van der Waals surface area contributed by atoms with Crippen molar-refractivity contribution < 1.29 is 0 Å². The second-order valence-electron chi connectivity index (χ2n) is 6.16. The van der Waals surface area contributed by atoms with Crippen LogP contribution in [-0.4, -0.2) is 4.98 Å². The molecule has 1 aliphatic carbocycles. The third kappa shape index (κ3) is 2.44. The number of H-pyrrole nitrogens is 1. The predicted octanol–water partition coefficient (Wildman–Crippen LogP) is 5.73. The van der Waals surface area contributed by atoms with Gasteiger partial charge in [0, 0.05) is 26.8 Å². The molecule has 112 valence electrons. The van der Waals surface area contributed by atoms with Crippen molar-refractivity contribution in [3.63, 3.8) is 0 Å². The summed E-state index contributed by atoms with van der Waals surface area (Å²) < 4.78 is 1.11. The van der Waals surface area contributed by atoms with Gasteiger partial charge in [0.2, 0.25) is 0 Å². The summed E-state index contributed by atoms with van der Waals surface area (Å²) >= 11 is 3.49. The fraction of sp³-hybridized carbons (Fsp3) is 0.263. The van der Waals surface area contributed by atoms with Gasteiger partial charge in [0.25, 0.3) is 0 Å². The van der Waals surface area contributed by atoms with Gasteiger partial charge in [-0.3, -0.25) is 0 Å². The highest BCUT2D eigenvalue weighted by Gasteiger charge is 2.24. The van der Waals surface area contributed by atoms with E-state index in [9.17, 15) is 0 Å². The zero-order valence-corrected chi connectivity index (χ0v) is 14.2. The van der Waals surface area contributed by atoms with E-state index in [2.05, 4.69) is 75.6 Å². The molecule has 0 aliphatic heterocycles. The van der Waals surface area contributed by atoms with Gasteiger partial charge in [-0.1, -0.05) is 27.6 Å². The Morgan fingerprint density at radius 1 is 1.14 bits per heavy atom. The van der Waals surface area contributed by atoms with Gasteiger partial charge < -0.3 is 10.3 Å². The minimum Gasteiger partial charge on any atom is -0.377 e. The summed E-state index contributed by atoms with van der Waals surface area (Å²) in [5.74, 6) is 0. The number of benzene rings is 2. The number of aromatic amines is 1. The van der Waals surface area contributed by atoms with Gasteiger partial charge in [0.1, 0.15) is 0 Å². The lowest BCUT2D eigenvalue weighted by Crippen LogP contribution is -2.17. The van der Waals surface area contributed by atoms with Gasteiger partial charge in [0.05, 0.1) is 6.04 Å². The molecule has 0 spiro atoms. The quantitative estimate of drug-likeness (QED) is 0.604. The second kappa shape index (κ2) is 5.47. The molecule has 4 rings (SSSR count). The van der Waals surface area contributed by atoms with E-state index < -0.39 is 0 Å². The molecule has 0 saturated carbocycles. The number of hydrogen-bond acceptors (Lipinski definition) is 1. The summed E-state index contributed by atoms with van der Waals surface area (Å²) in [6, 6.07) is 15.5. The lowest BCUT2D eigenvalue weighted by Gasteiger charge is -2.25. The molecule has 0 radical (unpaired) electrons. The van der Waals surface area contributed by atoms with E-state index >= 15 is 0 Å². The van der Waals surface area contributed by atoms with Crippen molar-refractivity contribution in [1.29, 1.82) is 0 Å². The normalized spacial score (nSPS) is 17.5. The van der Waals surface area contributed by atoms with Crippen molar-refractivity contribution in [2.24, 2.45) is 0 Å². The topological polar surface area (TPSA) is 27.8 Å². The standard InChI is InChI=1S/C19H19BrN2/c1-12-5-10-17-16(11-12)15-3-2-4-18(19(15)22-17)21-14-8-6-13(20)7-9-14/h5-11,18,21-22H,2-4H2,1H3/t18-/m0/s1. The first-order chi connectivity index (χ1) is 10.7. The average Bonchev–Trinajstić information content (AvgIpc) is 2.89. The predicted molar refractivity (Wildman–Crippen MR) is 96.5 cm³/mol. The van der Waals surface area contributed by atoms with Crippen molar-refractivity contribution in [1.82, 2.24) is 4.98 Å². The van der Waals surface area contributed by atoms with Crippen molar-refractivity contribution >= 4 is 32.5 Å². The van der Waals surface area contributed by atoms with Crippen LogP contribution < -0.4 is 5.32 Å². The third-order valence-corrected chi connectivity index (χ3v) is 5.08. The molecule has 2 aromatic carbocycles. The fourth-order valence-corrected chi connectivity index (χ4v) is 3.73. The Labute approximate surface area is 139 Å². The Balaban J connectivity index is 1.72. The highest BCUT2D eigenvalue weighted by Crippen LogP contribution is 2.37. The molecule has 0 amide bonds. The summed E-state index contributed by atoms with van der Waals surface area (Å²) in [5.41, 5.74) is 6.64. The molecule has 1 aliphatic rings. The van der Waals surface area contributed by atoms with Gasteiger partial charge in [-0.15, -0.1) is 0 Å². The first-order valence-electron chi connectivity index (χ1n) is 7.84. The van der Waals surface area contributed by atoms with E-state index in [-0.39, 0.29) is 0 Å². The molecule has 2 N–H and O–H groups in total. The minimum absolute atomic E-state index is 0.373. The van der Waals surface area contributed by atoms with E-state index in [0.717, 1.165) is 4.47 Å². The summed E-state index contributed by atoms with van der Waals surface area (Å²) in [5, 5.41) is 5.09. The first-order valence-corrected chi connectivity index (χ1v) is 8.63. The van der Waals surface area contributed by atoms with E-state index in [4.69, 9.17) is 0 Å². The molecular weight excluding hydrogens is 336 g/mol. The largest absolute Gasteiger partial charge is 0.377 e. The summed E-state index contributed by atoms with van der Waals surface area (Å²) in [6.07, 6.45) is 3.59. The Kier molecular flexibility index (Phi) is 3.45. The van der Waals surface area contributed by atoms with Crippen LogP contribution >= 0.6 is 15.9 Å². The van der Waals surface area contributed by atoms with Crippen LogP contribution in [0.2, 0.25) is 0 Å². The molecule has 0 unspecified atom stereocenters. The van der Waals surface area contributed by atoms with Crippen LogP contribution in [0.5, 0.6) is 0 Å². The van der Waals surface area contributed by atoms with Gasteiger partial charge in [-0.25, -0.2) is 0 Å². The molecular formula is C19H19BrN2. The van der Waals surface area contributed by atoms with E-state index in [1.165, 1.54) is 52.7 Å². The zero-order chi connectivity index (χ0) is 15.1. The summed E-state index contributed by atoms with van der Waals surface area (Å²) in [7, 11) is 0. The maximum atomic E-state index is 3.69. The Morgan fingerprint density at radius 2 is 1.95 bits per heavy atom. The molecule has 1 atom stereocenters. The van der Waals surface area contributed by atoms with Gasteiger partial charge >= 0.3 is 0 Å². The molecule has 3 heteroatoms. The van der Waals surface area contributed by atoms with Gasteiger partial charge in [-0.2, -0.15) is 0 Å². The van der Waals surface area contributed by atoms with Crippen LogP contribution in [0.25, 0.3) is 10.9 Å². The monoisotopic (exact) mass is 354 g/mol. The van der Waals surface area contributed by atoms with Crippen molar-refractivity contribution in [2.75, 3.05) is 5.32 Å². The number of rotatable bonds is 2. The van der Waals surface area contributed by atoms with Gasteiger partial charge in [-0.05, 0) is 68.1 Å². The van der Waals surface area contributed by atoms with E-state index in [0.29, 0.717) is 6.04 Å². The SMILES string of the molecule is Cc1ccc2[nH]c3c(c2c1)CCC[C@@H]3Nc1ccc(Br)cc1. The number of fused-ring (bicyclic) bond motifs is 3. The van der Waals surface area contributed by atoms with Crippen LogP contribution in [-0.2, 0) is 6.42 Å². The molecule has 1 aromatic heterocycles. The molecule has 2 nitrogen and oxygen atoms in total.